The van der Waals surface area contributed by atoms with Crippen molar-refractivity contribution in [2.24, 2.45) is 4.99 Å². The summed E-state index contributed by atoms with van der Waals surface area (Å²) in [5.74, 6) is 0.785. The van der Waals surface area contributed by atoms with Gasteiger partial charge in [0.1, 0.15) is 0 Å². The number of rotatable bonds is 6. The quantitative estimate of drug-likeness (QED) is 0.815. The molecule has 0 radical (unpaired) electrons. The summed E-state index contributed by atoms with van der Waals surface area (Å²) in [7, 11) is 0. The summed E-state index contributed by atoms with van der Waals surface area (Å²) < 4.78 is 0. The monoisotopic (exact) mass is 281 g/mol. The van der Waals surface area contributed by atoms with Gasteiger partial charge in [-0.05, 0) is 31.2 Å². The third-order valence-electron chi connectivity index (χ3n) is 2.99. The molecule has 1 aliphatic heterocycles. The van der Waals surface area contributed by atoms with Gasteiger partial charge in [-0.2, -0.15) is 0 Å². The van der Waals surface area contributed by atoms with Gasteiger partial charge < -0.3 is 10.2 Å². The van der Waals surface area contributed by atoms with Crippen molar-refractivity contribution >= 4 is 17.5 Å². The SMILES string of the molecule is CCNCCC1=N[C@H](c2cccc(Cl)c2)N(CC)O1. The Hall–Kier alpha value is -1.10. The lowest BCUT2D eigenvalue weighted by Gasteiger charge is -2.19. The van der Waals surface area contributed by atoms with Crippen molar-refractivity contribution in [3.05, 3.63) is 34.9 Å². The van der Waals surface area contributed by atoms with Gasteiger partial charge in [0, 0.05) is 24.5 Å². The molecular formula is C14H20ClN3O. The second-order valence-corrected chi connectivity index (χ2v) is 4.82. The van der Waals surface area contributed by atoms with Gasteiger partial charge in [-0.3, -0.25) is 0 Å². The summed E-state index contributed by atoms with van der Waals surface area (Å²) >= 11 is 6.04. The highest BCUT2D eigenvalue weighted by Gasteiger charge is 2.28. The second-order valence-electron chi connectivity index (χ2n) is 4.38. The molecule has 19 heavy (non-hydrogen) atoms. The van der Waals surface area contributed by atoms with E-state index in [1.54, 1.807) is 0 Å². The van der Waals surface area contributed by atoms with Crippen LogP contribution in [0.1, 0.15) is 32.0 Å². The third-order valence-corrected chi connectivity index (χ3v) is 3.22. The molecule has 1 heterocycles. The normalized spacial score (nSPS) is 19.3. The average Bonchev–Trinajstić information content (AvgIpc) is 2.82. The number of benzene rings is 1. The van der Waals surface area contributed by atoms with Crippen molar-refractivity contribution < 1.29 is 4.84 Å². The summed E-state index contributed by atoms with van der Waals surface area (Å²) in [6.45, 7) is 6.77. The van der Waals surface area contributed by atoms with E-state index in [0.29, 0.717) is 0 Å². The van der Waals surface area contributed by atoms with Crippen LogP contribution in [0.3, 0.4) is 0 Å². The van der Waals surface area contributed by atoms with Gasteiger partial charge in [0.05, 0.1) is 0 Å². The Balaban J connectivity index is 2.09. The zero-order valence-electron chi connectivity index (χ0n) is 11.4. The third kappa shape index (κ3) is 3.69. The van der Waals surface area contributed by atoms with E-state index in [2.05, 4.69) is 24.2 Å². The Kier molecular flexibility index (Phi) is 5.19. The van der Waals surface area contributed by atoms with Gasteiger partial charge >= 0.3 is 0 Å². The van der Waals surface area contributed by atoms with E-state index in [-0.39, 0.29) is 6.17 Å². The Labute approximate surface area is 119 Å². The minimum atomic E-state index is -0.0830. The number of halogens is 1. The molecule has 1 N–H and O–H groups in total. The maximum absolute atomic E-state index is 6.04. The standard InChI is InChI=1S/C14H20ClN3O/c1-3-16-9-8-13-17-14(18(4-2)19-13)11-6-5-7-12(15)10-11/h5-7,10,14,16H,3-4,8-9H2,1-2H3/t14-/m0/s1. The topological polar surface area (TPSA) is 36.9 Å². The maximum Gasteiger partial charge on any atom is 0.213 e. The van der Waals surface area contributed by atoms with Crippen LogP contribution >= 0.6 is 11.6 Å². The molecule has 104 valence electrons. The van der Waals surface area contributed by atoms with E-state index in [9.17, 15) is 0 Å². The van der Waals surface area contributed by atoms with Crippen LogP contribution in [0.5, 0.6) is 0 Å². The first kappa shape index (κ1) is 14.3. The fourth-order valence-electron chi connectivity index (χ4n) is 2.04. The fraction of sp³-hybridized carbons (Fsp3) is 0.500. The van der Waals surface area contributed by atoms with Crippen LogP contribution in [-0.2, 0) is 4.84 Å². The van der Waals surface area contributed by atoms with E-state index >= 15 is 0 Å². The largest absolute Gasteiger partial charge is 0.388 e. The molecular weight excluding hydrogens is 262 g/mol. The molecule has 0 aromatic heterocycles. The van der Waals surface area contributed by atoms with Crippen LogP contribution < -0.4 is 5.32 Å². The molecule has 0 spiro atoms. The number of hydrogen-bond donors (Lipinski definition) is 1. The van der Waals surface area contributed by atoms with Gasteiger partial charge in [0.2, 0.25) is 5.90 Å². The van der Waals surface area contributed by atoms with Crippen molar-refractivity contribution in [3.63, 3.8) is 0 Å². The molecule has 1 aliphatic rings. The Morgan fingerprint density at radius 2 is 2.26 bits per heavy atom. The van der Waals surface area contributed by atoms with E-state index in [4.69, 9.17) is 16.4 Å². The molecule has 0 unspecified atom stereocenters. The van der Waals surface area contributed by atoms with Gasteiger partial charge in [-0.25, -0.2) is 4.99 Å². The number of hydrogen-bond acceptors (Lipinski definition) is 4. The van der Waals surface area contributed by atoms with Crippen molar-refractivity contribution in [3.8, 4) is 0 Å². The molecule has 1 aromatic carbocycles. The highest BCUT2D eigenvalue weighted by Crippen LogP contribution is 2.29. The summed E-state index contributed by atoms with van der Waals surface area (Å²) in [6.07, 6.45) is 0.724. The van der Waals surface area contributed by atoms with E-state index in [0.717, 1.165) is 42.5 Å². The smallest absolute Gasteiger partial charge is 0.213 e. The van der Waals surface area contributed by atoms with Gasteiger partial charge in [0.15, 0.2) is 6.17 Å². The highest BCUT2D eigenvalue weighted by molar-refractivity contribution is 6.30. The van der Waals surface area contributed by atoms with Crippen LogP contribution in [0.4, 0.5) is 0 Å². The fourth-order valence-corrected chi connectivity index (χ4v) is 2.24. The van der Waals surface area contributed by atoms with Crippen LogP contribution in [-0.4, -0.2) is 30.6 Å². The lowest BCUT2D eigenvalue weighted by molar-refractivity contribution is -0.0815. The van der Waals surface area contributed by atoms with Crippen LogP contribution in [0.25, 0.3) is 0 Å². The molecule has 5 heteroatoms. The predicted molar refractivity (Wildman–Crippen MR) is 78.3 cm³/mol. The molecule has 0 saturated carbocycles. The molecule has 0 bridgehead atoms. The number of nitrogens with one attached hydrogen (secondary N) is 1. The molecule has 0 aliphatic carbocycles. The molecule has 1 aromatic rings. The van der Waals surface area contributed by atoms with Crippen molar-refractivity contribution in [2.45, 2.75) is 26.4 Å². The summed E-state index contributed by atoms with van der Waals surface area (Å²) in [5.41, 5.74) is 1.06. The molecule has 4 nitrogen and oxygen atoms in total. The van der Waals surface area contributed by atoms with Crippen LogP contribution in [0, 0.1) is 0 Å². The van der Waals surface area contributed by atoms with Gasteiger partial charge in [-0.15, -0.1) is 5.06 Å². The first-order valence-electron chi connectivity index (χ1n) is 6.72. The minimum Gasteiger partial charge on any atom is -0.388 e. The highest BCUT2D eigenvalue weighted by atomic mass is 35.5. The van der Waals surface area contributed by atoms with Crippen molar-refractivity contribution in [1.29, 1.82) is 0 Å². The van der Waals surface area contributed by atoms with Crippen molar-refractivity contribution in [2.75, 3.05) is 19.6 Å². The average molecular weight is 282 g/mol. The number of nitrogens with zero attached hydrogens (tertiary/aromatic N) is 2. The van der Waals surface area contributed by atoms with E-state index in [1.165, 1.54) is 0 Å². The first-order valence-corrected chi connectivity index (χ1v) is 7.09. The molecule has 1 atom stereocenters. The summed E-state index contributed by atoms with van der Waals surface area (Å²) in [4.78, 5) is 10.4. The summed E-state index contributed by atoms with van der Waals surface area (Å²) in [6, 6.07) is 7.78. The molecule has 2 rings (SSSR count). The summed E-state index contributed by atoms with van der Waals surface area (Å²) in [5, 5.41) is 5.88. The lowest BCUT2D eigenvalue weighted by Crippen LogP contribution is -2.24. The molecule has 0 saturated heterocycles. The van der Waals surface area contributed by atoms with Gasteiger partial charge in [-0.1, -0.05) is 30.7 Å². The van der Waals surface area contributed by atoms with E-state index < -0.39 is 0 Å². The molecule has 0 amide bonds. The zero-order chi connectivity index (χ0) is 13.7. The van der Waals surface area contributed by atoms with E-state index in [1.807, 2.05) is 29.3 Å². The lowest BCUT2D eigenvalue weighted by atomic mass is 10.2. The van der Waals surface area contributed by atoms with Gasteiger partial charge in [0.25, 0.3) is 0 Å². The Bertz CT molecular complexity index is 450. The first-order chi connectivity index (χ1) is 9.24. The molecule has 0 fully saturated rings. The predicted octanol–water partition coefficient (Wildman–Crippen LogP) is 3.00. The second kappa shape index (κ2) is 6.89. The number of hydroxylamine groups is 2. The zero-order valence-corrected chi connectivity index (χ0v) is 12.2. The Morgan fingerprint density at radius 3 is 2.95 bits per heavy atom. The van der Waals surface area contributed by atoms with Crippen LogP contribution in [0.2, 0.25) is 5.02 Å². The van der Waals surface area contributed by atoms with Crippen molar-refractivity contribution in [1.82, 2.24) is 10.4 Å². The maximum atomic E-state index is 6.04. The Morgan fingerprint density at radius 1 is 1.42 bits per heavy atom. The van der Waals surface area contributed by atoms with Crippen LogP contribution in [0.15, 0.2) is 29.3 Å². The number of aliphatic imine (C=N–C) groups is 1. The minimum absolute atomic E-state index is 0.0830.